The topological polar surface area (TPSA) is 43.4 Å². The molecule has 2 rings (SSSR count). The maximum atomic E-state index is 12.7. The molecular formula is C21H26O3S. The fourth-order valence-electron chi connectivity index (χ4n) is 2.86. The first-order valence-electron chi connectivity index (χ1n) is 8.78. The summed E-state index contributed by atoms with van der Waals surface area (Å²) in [4.78, 5) is 24.4. The number of benzene rings is 1. The summed E-state index contributed by atoms with van der Waals surface area (Å²) in [6.45, 7) is 3.47. The Hall–Kier alpha value is -1.81. The quantitative estimate of drug-likeness (QED) is 0.677. The number of rotatable bonds is 5. The molecule has 0 bridgehead atoms. The highest BCUT2D eigenvalue weighted by Gasteiger charge is 2.35. The Balaban J connectivity index is 2.15. The number of carbonyl (C=O) groups excluding carboxylic acids is 2. The smallest absolute Gasteiger partial charge is 0.326 e. The monoisotopic (exact) mass is 358 g/mol. The van der Waals surface area contributed by atoms with Gasteiger partial charge in [0, 0.05) is 6.92 Å². The zero-order valence-corrected chi connectivity index (χ0v) is 15.8. The van der Waals surface area contributed by atoms with Crippen molar-refractivity contribution in [3.63, 3.8) is 0 Å². The number of hydrogen-bond donors (Lipinski definition) is 0. The van der Waals surface area contributed by atoms with E-state index in [-0.39, 0.29) is 17.7 Å². The van der Waals surface area contributed by atoms with Crippen LogP contribution in [0.1, 0.15) is 51.5 Å². The second-order valence-electron chi connectivity index (χ2n) is 6.48. The van der Waals surface area contributed by atoms with Gasteiger partial charge in [0.05, 0.1) is 0 Å². The molecule has 1 atom stereocenters. The second kappa shape index (κ2) is 9.62. The summed E-state index contributed by atoms with van der Waals surface area (Å²) in [6, 6.07) is 9.58. The minimum Gasteiger partial charge on any atom is -0.460 e. The van der Waals surface area contributed by atoms with Crippen LogP contribution in [0.25, 0.3) is 0 Å². The Bertz CT molecular complexity index is 648. The van der Waals surface area contributed by atoms with Gasteiger partial charge in [0.15, 0.2) is 5.12 Å². The lowest BCUT2D eigenvalue weighted by atomic mass is 9.98. The molecule has 0 N–H and O–H groups in total. The standard InChI is InChI=1S/C21H26O3S/c1-17(22)25-21(2,15-18-11-7-4-3-5-8-12-18)20(23)24-16-19-13-9-6-10-14-19/h6-7,9-11,13-15H,3-5,8,12,16H2,1-2H3/b11-7-,18-15-/t21-/m1/s1. The average Bonchev–Trinajstić information content (AvgIpc) is 2.55. The molecule has 1 aromatic carbocycles. The molecule has 0 spiro atoms. The van der Waals surface area contributed by atoms with Crippen molar-refractivity contribution >= 4 is 22.8 Å². The van der Waals surface area contributed by atoms with Gasteiger partial charge in [-0.15, -0.1) is 0 Å². The summed E-state index contributed by atoms with van der Waals surface area (Å²) in [7, 11) is 0. The van der Waals surface area contributed by atoms with E-state index in [1.54, 1.807) is 6.92 Å². The molecule has 0 fully saturated rings. The van der Waals surface area contributed by atoms with E-state index < -0.39 is 4.75 Å². The Morgan fingerprint density at radius 3 is 2.68 bits per heavy atom. The highest BCUT2D eigenvalue weighted by molar-refractivity contribution is 8.15. The molecular weight excluding hydrogens is 332 g/mol. The number of esters is 1. The zero-order valence-electron chi connectivity index (χ0n) is 15.0. The van der Waals surface area contributed by atoms with Crippen LogP contribution in [0.5, 0.6) is 0 Å². The Morgan fingerprint density at radius 2 is 1.96 bits per heavy atom. The summed E-state index contributed by atoms with van der Waals surface area (Å²) in [5.74, 6) is -0.375. The van der Waals surface area contributed by atoms with E-state index in [2.05, 4.69) is 12.2 Å². The Labute approximate surface area is 154 Å². The Morgan fingerprint density at radius 1 is 1.20 bits per heavy atom. The van der Waals surface area contributed by atoms with Crippen LogP contribution in [0.3, 0.4) is 0 Å². The van der Waals surface area contributed by atoms with Crippen molar-refractivity contribution in [1.82, 2.24) is 0 Å². The van der Waals surface area contributed by atoms with Gasteiger partial charge >= 0.3 is 5.97 Å². The van der Waals surface area contributed by atoms with E-state index >= 15 is 0 Å². The van der Waals surface area contributed by atoms with Crippen molar-refractivity contribution in [2.45, 2.75) is 57.3 Å². The van der Waals surface area contributed by atoms with Gasteiger partial charge in [-0.2, -0.15) is 0 Å². The highest BCUT2D eigenvalue weighted by Crippen LogP contribution is 2.32. The van der Waals surface area contributed by atoms with Gasteiger partial charge in [-0.1, -0.05) is 72.3 Å². The fraction of sp³-hybridized carbons (Fsp3) is 0.429. The highest BCUT2D eigenvalue weighted by atomic mass is 32.2. The largest absolute Gasteiger partial charge is 0.460 e. The summed E-state index contributed by atoms with van der Waals surface area (Å²) in [5, 5.41) is -0.0918. The molecule has 0 amide bonds. The molecule has 4 heteroatoms. The lowest BCUT2D eigenvalue weighted by Crippen LogP contribution is -2.33. The van der Waals surface area contributed by atoms with E-state index in [1.807, 2.05) is 36.4 Å². The maximum absolute atomic E-state index is 12.7. The van der Waals surface area contributed by atoms with Crippen molar-refractivity contribution in [3.05, 3.63) is 59.7 Å². The molecule has 0 heterocycles. The van der Waals surface area contributed by atoms with Gasteiger partial charge in [-0.05, 0) is 38.2 Å². The number of carbonyl (C=O) groups is 2. The zero-order chi connectivity index (χ0) is 18.1. The number of hydrogen-bond acceptors (Lipinski definition) is 4. The number of thioether (sulfide) groups is 1. The molecule has 0 aliphatic heterocycles. The van der Waals surface area contributed by atoms with Crippen LogP contribution >= 0.6 is 11.8 Å². The van der Waals surface area contributed by atoms with Crippen LogP contribution in [-0.4, -0.2) is 15.8 Å². The fourth-order valence-corrected chi connectivity index (χ4v) is 3.80. The third-order valence-corrected chi connectivity index (χ3v) is 5.10. The third kappa shape index (κ3) is 6.54. The van der Waals surface area contributed by atoms with Gasteiger partial charge in [-0.25, -0.2) is 0 Å². The third-order valence-electron chi connectivity index (χ3n) is 4.10. The van der Waals surface area contributed by atoms with E-state index in [9.17, 15) is 9.59 Å². The molecule has 0 aromatic heterocycles. The van der Waals surface area contributed by atoms with E-state index in [0.717, 1.165) is 42.2 Å². The van der Waals surface area contributed by atoms with Crippen LogP contribution < -0.4 is 0 Å². The van der Waals surface area contributed by atoms with Crippen LogP contribution in [0.2, 0.25) is 0 Å². The van der Waals surface area contributed by atoms with Crippen molar-refractivity contribution in [1.29, 1.82) is 0 Å². The number of allylic oxidation sites excluding steroid dienone is 3. The summed E-state index contributed by atoms with van der Waals surface area (Å²) in [5.41, 5.74) is 2.04. The van der Waals surface area contributed by atoms with Crippen LogP contribution in [0, 0.1) is 0 Å². The van der Waals surface area contributed by atoms with Crippen molar-refractivity contribution in [3.8, 4) is 0 Å². The maximum Gasteiger partial charge on any atom is 0.326 e. The van der Waals surface area contributed by atoms with Gasteiger partial charge in [0.2, 0.25) is 0 Å². The summed E-state index contributed by atoms with van der Waals surface area (Å²) >= 11 is 1.03. The lowest BCUT2D eigenvalue weighted by molar-refractivity contribution is -0.146. The molecule has 0 unspecified atom stereocenters. The van der Waals surface area contributed by atoms with Crippen molar-refractivity contribution in [2.75, 3.05) is 0 Å². The van der Waals surface area contributed by atoms with Gasteiger partial charge < -0.3 is 4.74 Å². The van der Waals surface area contributed by atoms with E-state index in [1.165, 1.54) is 19.8 Å². The van der Waals surface area contributed by atoms with Crippen LogP contribution in [0.4, 0.5) is 0 Å². The average molecular weight is 359 g/mol. The first-order valence-corrected chi connectivity index (χ1v) is 9.60. The first kappa shape index (κ1) is 19.5. The van der Waals surface area contributed by atoms with E-state index in [4.69, 9.17) is 4.74 Å². The normalized spacial score (nSPS) is 20.2. The first-order chi connectivity index (χ1) is 12.0. The van der Waals surface area contributed by atoms with Gasteiger partial charge in [0.1, 0.15) is 11.4 Å². The molecule has 1 aromatic rings. The minimum absolute atomic E-state index is 0.0918. The van der Waals surface area contributed by atoms with Crippen molar-refractivity contribution < 1.29 is 14.3 Å². The van der Waals surface area contributed by atoms with E-state index in [0.29, 0.717) is 0 Å². The summed E-state index contributed by atoms with van der Waals surface area (Å²) in [6.07, 6.45) is 11.6. The van der Waals surface area contributed by atoms with Crippen LogP contribution in [-0.2, 0) is 20.9 Å². The molecule has 0 saturated heterocycles. The lowest BCUT2D eigenvalue weighted by Gasteiger charge is -2.23. The molecule has 3 nitrogen and oxygen atoms in total. The van der Waals surface area contributed by atoms with Gasteiger partial charge in [-0.3, -0.25) is 9.59 Å². The SMILES string of the molecule is CC(=O)S[C@](C)(/C=C1/C=C\CCCCC1)C(=O)OCc1ccccc1. The second-order valence-corrected chi connectivity index (χ2v) is 8.11. The van der Waals surface area contributed by atoms with Gasteiger partial charge in [0.25, 0.3) is 0 Å². The molecule has 0 saturated carbocycles. The summed E-state index contributed by atoms with van der Waals surface area (Å²) < 4.78 is 4.51. The molecule has 0 radical (unpaired) electrons. The molecule has 1 aliphatic rings. The minimum atomic E-state index is -1.00. The Kier molecular flexibility index (Phi) is 7.51. The van der Waals surface area contributed by atoms with Crippen LogP contribution in [0.15, 0.2) is 54.1 Å². The predicted octanol–water partition coefficient (Wildman–Crippen LogP) is 5.21. The number of ether oxygens (including phenoxy) is 1. The predicted molar refractivity (Wildman–Crippen MR) is 103 cm³/mol. The molecule has 25 heavy (non-hydrogen) atoms. The molecule has 1 aliphatic carbocycles. The molecule has 134 valence electrons. The van der Waals surface area contributed by atoms with Crippen molar-refractivity contribution in [2.24, 2.45) is 0 Å².